The second-order valence-corrected chi connectivity index (χ2v) is 8.29. The van der Waals surface area contributed by atoms with Crippen LogP contribution in [0.15, 0.2) is 59.6 Å². The van der Waals surface area contributed by atoms with Crippen molar-refractivity contribution in [3.8, 4) is 0 Å². The maximum atomic E-state index is 12.8. The van der Waals surface area contributed by atoms with Crippen molar-refractivity contribution in [2.24, 2.45) is 7.05 Å². The molecule has 1 aliphatic rings. The minimum Gasteiger partial charge on any atom is -0.350 e. The van der Waals surface area contributed by atoms with Crippen LogP contribution in [0.1, 0.15) is 15.9 Å². The highest BCUT2D eigenvalue weighted by Gasteiger charge is 2.34. The molecular formula is C20H14ClN3O2S2. The monoisotopic (exact) mass is 427 g/mol. The van der Waals surface area contributed by atoms with Crippen LogP contribution in [-0.2, 0) is 11.8 Å². The summed E-state index contributed by atoms with van der Waals surface area (Å²) in [6.07, 6.45) is 3.76. The number of carbonyl (C=O) groups is 2. The van der Waals surface area contributed by atoms with E-state index in [2.05, 4.69) is 5.43 Å². The van der Waals surface area contributed by atoms with Crippen LogP contribution in [-0.4, -0.2) is 25.7 Å². The number of fused-ring (bicyclic) bond motifs is 1. The first-order valence-corrected chi connectivity index (χ1v) is 9.93. The first kappa shape index (κ1) is 18.7. The van der Waals surface area contributed by atoms with E-state index in [1.165, 1.54) is 0 Å². The van der Waals surface area contributed by atoms with E-state index >= 15 is 0 Å². The van der Waals surface area contributed by atoms with Gasteiger partial charge in [-0.15, -0.1) is 0 Å². The SMILES string of the molecule is Cn1cc(C=C2SC(=S)N(NC(=O)c3ccc(Cl)cc3)C2=O)c2ccccc21. The quantitative estimate of drug-likeness (QED) is 0.498. The molecule has 1 aromatic heterocycles. The van der Waals surface area contributed by atoms with Crippen molar-refractivity contribution in [3.63, 3.8) is 0 Å². The molecule has 0 spiro atoms. The molecule has 1 N–H and O–H groups in total. The molecule has 1 aliphatic heterocycles. The third-order valence-corrected chi connectivity index (χ3v) is 5.88. The molecule has 8 heteroatoms. The van der Waals surface area contributed by atoms with Crippen LogP contribution in [0.3, 0.4) is 0 Å². The molecule has 2 amide bonds. The zero-order valence-corrected chi connectivity index (χ0v) is 17.1. The highest BCUT2D eigenvalue weighted by atomic mass is 35.5. The lowest BCUT2D eigenvalue weighted by atomic mass is 10.1. The lowest BCUT2D eigenvalue weighted by Gasteiger charge is -2.15. The Bertz CT molecular complexity index is 1150. The van der Waals surface area contributed by atoms with E-state index < -0.39 is 5.91 Å². The number of carbonyl (C=O) groups excluding carboxylic acids is 2. The lowest BCUT2D eigenvalue weighted by Crippen LogP contribution is -2.44. The molecule has 0 saturated carbocycles. The zero-order chi connectivity index (χ0) is 19.8. The number of hydrogen-bond acceptors (Lipinski definition) is 4. The summed E-state index contributed by atoms with van der Waals surface area (Å²) in [5.74, 6) is -0.787. The van der Waals surface area contributed by atoms with Gasteiger partial charge in [0.05, 0.1) is 4.91 Å². The van der Waals surface area contributed by atoms with Gasteiger partial charge in [0.2, 0.25) is 0 Å². The van der Waals surface area contributed by atoms with Crippen molar-refractivity contribution in [3.05, 3.63) is 75.8 Å². The molecule has 28 heavy (non-hydrogen) atoms. The molecule has 0 atom stereocenters. The van der Waals surface area contributed by atoms with E-state index in [0.29, 0.717) is 15.5 Å². The average Bonchev–Trinajstić information content (AvgIpc) is 3.14. The number of thiocarbonyl (C=S) groups is 1. The van der Waals surface area contributed by atoms with Crippen LogP contribution in [0.4, 0.5) is 0 Å². The summed E-state index contributed by atoms with van der Waals surface area (Å²) in [5, 5.41) is 2.68. The van der Waals surface area contributed by atoms with Crippen LogP contribution >= 0.6 is 35.6 Å². The maximum absolute atomic E-state index is 12.8. The van der Waals surface area contributed by atoms with Crippen LogP contribution < -0.4 is 5.43 Å². The fraction of sp³-hybridized carbons (Fsp3) is 0.0500. The number of benzene rings is 2. The Morgan fingerprint density at radius 3 is 2.64 bits per heavy atom. The van der Waals surface area contributed by atoms with Crippen molar-refractivity contribution < 1.29 is 9.59 Å². The molecule has 0 aliphatic carbocycles. The van der Waals surface area contributed by atoms with Crippen molar-refractivity contribution in [2.75, 3.05) is 0 Å². The number of nitrogens with zero attached hydrogens (tertiary/aromatic N) is 2. The van der Waals surface area contributed by atoms with Crippen molar-refractivity contribution in [2.45, 2.75) is 0 Å². The van der Waals surface area contributed by atoms with E-state index in [4.69, 9.17) is 23.8 Å². The van der Waals surface area contributed by atoms with Gasteiger partial charge < -0.3 is 4.57 Å². The summed E-state index contributed by atoms with van der Waals surface area (Å²) in [5.41, 5.74) is 4.94. The molecule has 2 heterocycles. The number of halogens is 1. The molecule has 0 unspecified atom stereocenters. The molecule has 1 saturated heterocycles. The van der Waals surface area contributed by atoms with E-state index in [9.17, 15) is 9.59 Å². The van der Waals surface area contributed by atoms with E-state index in [1.807, 2.05) is 42.1 Å². The van der Waals surface area contributed by atoms with Gasteiger partial charge in [0.15, 0.2) is 4.32 Å². The Morgan fingerprint density at radius 1 is 1.18 bits per heavy atom. The van der Waals surface area contributed by atoms with Gasteiger partial charge in [-0.3, -0.25) is 15.0 Å². The number of nitrogens with one attached hydrogen (secondary N) is 1. The third-order valence-electron chi connectivity index (χ3n) is 4.33. The number of aryl methyl sites for hydroxylation is 1. The Balaban J connectivity index is 1.59. The largest absolute Gasteiger partial charge is 0.350 e. The summed E-state index contributed by atoms with van der Waals surface area (Å²) in [6, 6.07) is 14.3. The van der Waals surface area contributed by atoms with Crippen LogP contribution in [0.5, 0.6) is 0 Å². The Morgan fingerprint density at radius 2 is 1.89 bits per heavy atom. The Hall–Kier alpha value is -2.61. The van der Waals surface area contributed by atoms with Crippen LogP contribution in [0, 0.1) is 0 Å². The molecule has 0 radical (unpaired) electrons. The van der Waals surface area contributed by atoms with Gasteiger partial charge in [0.1, 0.15) is 0 Å². The molecular weight excluding hydrogens is 414 g/mol. The normalized spacial score (nSPS) is 15.6. The van der Waals surface area contributed by atoms with Crippen LogP contribution in [0.2, 0.25) is 5.02 Å². The predicted molar refractivity (Wildman–Crippen MR) is 117 cm³/mol. The second-order valence-electron chi connectivity index (χ2n) is 6.18. The topological polar surface area (TPSA) is 54.3 Å². The highest BCUT2D eigenvalue weighted by Crippen LogP contribution is 2.33. The molecule has 5 nitrogen and oxygen atoms in total. The number of para-hydroxylation sites is 1. The van der Waals surface area contributed by atoms with Gasteiger partial charge in [-0.05, 0) is 48.6 Å². The summed E-state index contributed by atoms with van der Waals surface area (Å²) < 4.78 is 2.28. The number of amides is 2. The fourth-order valence-electron chi connectivity index (χ4n) is 2.96. The number of rotatable bonds is 3. The lowest BCUT2D eigenvalue weighted by molar-refractivity contribution is -0.123. The summed E-state index contributed by atoms with van der Waals surface area (Å²) in [4.78, 5) is 25.7. The second kappa shape index (κ2) is 7.43. The zero-order valence-electron chi connectivity index (χ0n) is 14.7. The van der Waals surface area contributed by atoms with Crippen molar-refractivity contribution >= 4 is 68.7 Å². The predicted octanol–water partition coefficient (Wildman–Crippen LogP) is 4.38. The number of thioether (sulfide) groups is 1. The van der Waals surface area contributed by atoms with Gasteiger partial charge in [-0.25, -0.2) is 0 Å². The Kier molecular flexibility index (Phi) is 4.97. The fourth-order valence-corrected chi connectivity index (χ4v) is 4.26. The number of hydrazine groups is 1. The van der Waals surface area contributed by atoms with E-state index in [0.717, 1.165) is 33.2 Å². The molecule has 3 aromatic rings. The van der Waals surface area contributed by atoms with Crippen molar-refractivity contribution in [1.29, 1.82) is 0 Å². The van der Waals surface area contributed by atoms with Crippen molar-refractivity contribution in [1.82, 2.24) is 15.0 Å². The molecule has 140 valence electrons. The molecule has 0 bridgehead atoms. The number of aromatic nitrogens is 1. The van der Waals surface area contributed by atoms with Crippen LogP contribution in [0.25, 0.3) is 17.0 Å². The van der Waals surface area contributed by atoms with Gasteiger partial charge in [-0.1, -0.05) is 41.6 Å². The standard InChI is InChI=1S/C20H14ClN3O2S2/c1-23-11-13(15-4-2-3-5-16(15)23)10-17-19(26)24(20(27)28-17)22-18(25)12-6-8-14(21)9-7-12/h2-11H,1H3,(H,22,25). The maximum Gasteiger partial charge on any atom is 0.285 e. The molecule has 1 fully saturated rings. The van der Waals surface area contributed by atoms with Gasteiger partial charge in [0, 0.05) is 40.3 Å². The van der Waals surface area contributed by atoms with Gasteiger partial charge in [-0.2, -0.15) is 5.01 Å². The third kappa shape index (κ3) is 3.44. The van der Waals surface area contributed by atoms with Gasteiger partial charge >= 0.3 is 0 Å². The minimum atomic E-state index is -0.431. The average molecular weight is 428 g/mol. The smallest absolute Gasteiger partial charge is 0.285 e. The van der Waals surface area contributed by atoms with Gasteiger partial charge in [0.25, 0.3) is 11.8 Å². The first-order chi connectivity index (χ1) is 13.4. The molecule has 2 aromatic carbocycles. The Labute approximate surface area is 175 Å². The van der Waals surface area contributed by atoms with E-state index in [-0.39, 0.29) is 10.2 Å². The molecule has 4 rings (SSSR count). The van der Waals surface area contributed by atoms with E-state index in [1.54, 1.807) is 30.3 Å². The number of hydrogen-bond donors (Lipinski definition) is 1. The minimum absolute atomic E-state index is 0.277. The summed E-state index contributed by atoms with van der Waals surface area (Å²) in [7, 11) is 1.96. The summed E-state index contributed by atoms with van der Waals surface area (Å²) >= 11 is 12.3. The summed E-state index contributed by atoms with van der Waals surface area (Å²) in [6.45, 7) is 0. The highest BCUT2D eigenvalue weighted by molar-refractivity contribution is 8.26. The first-order valence-electron chi connectivity index (χ1n) is 8.32.